The van der Waals surface area contributed by atoms with Crippen LogP contribution in [0.5, 0.6) is 0 Å². The van der Waals surface area contributed by atoms with Gasteiger partial charge in [-0.2, -0.15) is 0 Å². The van der Waals surface area contributed by atoms with Crippen molar-refractivity contribution in [3.8, 4) is 11.3 Å². The number of amides is 3. The second-order valence-corrected chi connectivity index (χ2v) is 11.5. The molecule has 0 radical (unpaired) electrons. The predicted octanol–water partition coefficient (Wildman–Crippen LogP) is 4.09. The summed E-state index contributed by atoms with van der Waals surface area (Å²) in [5.41, 5.74) is 1.64. The lowest BCUT2D eigenvalue weighted by Gasteiger charge is -2.36. The van der Waals surface area contributed by atoms with Crippen molar-refractivity contribution in [1.82, 2.24) is 20.1 Å². The van der Waals surface area contributed by atoms with Gasteiger partial charge < -0.3 is 29.9 Å². The van der Waals surface area contributed by atoms with Crippen LogP contribution in [0.4, 0.5) is 10.5 Å². The van der Waals surface area contributed by atoms with Crippen LogP contribution < -0.4 is 10.6 Å². The average molecular weight is 582 g/mol. The van der Waals surface area contributed by atoms with E-state index in [-0.39, 0.29) is 50.2 Å². The van der Waals surface area contributed by atoms with Crippen molar-refractivity contribution in [3.05, 3.63) is 48.2 Å². The smallest absolute Gasteiger partial charge is 0.409 e. The monoisotopic (exact) mass is 581 g/mol. The fourth-order valence-electron chi connectivity index (χ4n) is 4.51. The summed E-state index contributed by atoms with van der Waals surface area (Å²) in [6.07, 6.45) is -0.434. The highest BCUT2D eigenvalue weighted by molar-refractivity contribution is 5.97. The van der Waals surface area contributed by atoms with Gasteiger partial charge in [0.05, 0.1) is 12.3 Å². The molecule has 1 atom stereocenters. The van der Waals surface area contributed by atoms with Gasteiger partial charge in [0.25, 0.3) is 5.91 Å². The highest BCUT2D eigenvalue weighted by Crippen LogP contribution is 2.23. The molecular formula is C31H43N5O6. The third-order valence-corrected chi connectivity index (χ3v) is 6.36. The molecule has 11 nitrogen and oxygen atoms in total. The quantitative estimate of drug-likeness (QED) is 0.402. The Kier molecular flexibility index (Phi) is 11.3. The van der Waals surface area contributed by atoms with Crippen LogP contribution in [0.1, 0.15) is 64.9 Å². The molecule has 1 saturated heterocycles. The lowest BCUT2D eigenvalue weighted by atomic mass is 10.1. The number of nitrogens with one attached hydrogen (secondary N) is 2. The second kappa shape index (κ2) is 14.7. The maximum atomic E-state index is 13.7. The number of carbonyl (C=O) groups excluding carboxylic acids is 4. The zero-order chi connectivity index (χ0) is 30.9. The van der Waals surface area contributed by atoms with Crippen LogP contribution in [0.25, 0.3) is 11.3 Å². The molecule has 2 aromatic rings. The number of benzene rings is 1. The Morgan fingerprint density at radius 1 is 0.976 bits per heavy atom. The summed E-state index contributed by atoms with van der Waals surface area (Å²) >= 11 is 0. The molecule has 2 N–H and O–H groups in total. The van der Waals surface area contributed by atoms with Crippen molar-refractivity contribution in [2.75, 3.05) is 38.1 Å². The minimum absolute atomic E-state index is 0.0487. The summed E-state index contributed by atoms with van der Waals surface area (Å²) in [5, 5.41) is 6.15. The van der Waals surface area contributed by atoms with Gasteiger partial charge in [0, 0.05) is 49.9 Å². The Hall–Kier alpha value is -4.15. The molecule has 1 aliphatic heterocycles. The van der Waals surface area contributed by atoms with E-state index in [0.717, 1.165) is 11.3 Å². The number of ether oxygens (including phenoxy) is 2. The van der Waals surface area contributed by atoms with Crippen molar-refractivity contribution in [3.63, 3.8) is 0 Å². The maximum absolute atomic E-state index is 13.7. The summed E-state index contributed by atoms with van der Waals surface area (Å²) in [4.78, 5) is 59.6. The molecule has 1 unspecified atom stereocenters. The van der Waals surface area contributed by atoms with E-state index in [4.69, 9.17) is 9.47 Å². The second-order valence-electron chi connectivity index (χ2n) is 11.5. The van der Waals surface area contributed by atoms with Crippen LogP contribution >= 0.6 is 0 Å². The first-order valence-corrected chi connectivity index (χ1v) is 14.4. The predicted molar refractivity (Wildman–Crippen MR) is 160 cm³/mol. The molecule has 228 valence electrons. The SMILES string of the molecule is CCOC(=O)N1CCN(C(=O)C(CCC(=O)OC(C)(C)C)NC(=O)c2cc(NC(C)C)cc(-c3ccccc3)n2)CC1. The van der Waals surface area contributed by atoms with E-state index < -0.39 is 29.6 Å². The number of nitrogens with zero attached hydrogens (tertiary/aromatic N) is 3. The molecule has 0 saturated carbocycles. The number of carbonyl (C=O) groups is 4. The van der Waals surface area contributed by atoms with Gasteiger partial charge in [-0.15, -0.1) is 0 Å². The molecule has 42 heavy (non-hydrogen) atoms. The Bertz CT molecular complexity index is 1240. The molecular weight excluding hydrogens is 538 g/mol. The summed E-state index contributed by atoms with van der Waals surface area (Å²) in [6, 6.07) is 12.2. The first-order valence-electron chi connectivity index (χ1n) is 14.4. The van der Waals surface area contributed by atoms with Crippen molar-refractivity contribution in [2.45, 2.75) is 72.1 Å². The fourth-order valence-corrected chi connectivity index (χ4v) is 4.51. The van der Waals surface area contributed by atoms with Crippen LogP contribution in [-0.2, 0) is 19.1 Å². The standard InChI is InChI=1S/C31H43N5O6/c1-7-41-30(40)36-17-15-35(16-18-36)29(39)24(13-14-27(37)42-31(4,5)6)34-28(38)26-20-23(32-21(2)3)19-25(33-26)22-11-9-8-10-12-22/h8-12,19-21,24H,7,13-18H2,1-6H3,(H,32,33)(H,34,38). The van der Waals surface area contributed by atoms with Gasteiger partial charge in [0.1, 0.15) is 17.3 Å². The number of anilines is 1. The molecule has 2 heterocycles. The van der Waals surface area contributed by atoms with Crippen LogP contribution in [0.3, 0.4) is 0 Å². The van der Waals surface area contributed by atoms with Gasteiger partial charge in [-0.25, -0.2) is 9.78 Å². The summed E-state index contributed by atoms with van der Waals surface area (Å²) in [5.74, 6) is -1.34. The molecule has 3 rings (SSSR count). The molecule has 11 heteroatoms. The van der Waals surface area contributed by atoms with Gasteiger partial charge in [0.2, 0.25) is 5.91 Å². The topological polar surface area (TPSA) is 130 Å². The van der Waals surface area contributed by atoms with E-state index in [2.05, 4.69) is 15.6 Å². The van der Waals surface area contributed by atoms with Gasteiger partial charge in [0.15, 0.2) is 0 Å². The number of esters is 1. The number of hydrogen-bond donors (Lipinski definition) is 2. The number of rotatable bonds is 10. The van der Waals surface area contributed by atoms with Crippen molar-refractivity contribution >= 4 is 29.6 Å². The third kappa shape index (κ3) is 9.74. The molecule has 1 fully saturated rings. The first-order chi connectivity index (χ1) is 19.9. The fraction of sp³-hybridized carbons (Fsp3) is 0.516. The summed E-state index contributed by atoms with van der Waals surface area (Å²) < 4.78 is 10.5. The Balaban J connectivity index is 1.82. The van der Waals surface area contributed by atoms with Gasteiger partial charge in [-0.1, -0.05) is 30.3 Å². The third-order valence-electron chi connectivity index (χ3n) is 6.36. The molecule has 1 aliphatic rings. The van der Waals surface area contributed by atoms with E-state index in [1.165, 1.54) is 0 Å². The lowest BCUT2D eigenvalue weighted by molar-refractivity contribution is -0.155. The lowest BCUT2D eigenvalue weighted by Crippen LogP contribution is -2.56. The molecule has 1 aromatic carbocycles. The molecule has 0 spiro atoms. The van der Waals surface area contributed by atoms with Gasteiger partial charge in [-0.3, -0.25) is 14.4 Å². The number of pyridine rings is 1. The van der Waals surface area contributed by atoms with Crippen molar-refractivity contribution < 1.29 is 28.7 Å². The Morgan fingerprint density at radius 2 is 1.62 bits per heavy atom. The molecule has 1 aromatic heterocycles. The Morgan fingerprint density at radius 3 is 2.21 bits per heavy atom. The highest BCUT2D eigenvalue weighted by Gasteiger charge is 2.32. The summed E-state index contributed by atoms with van der Waals surface area (Å²) in [6.45, 7) is 12.5. The van der Waals surface area contributed by atoms with E-state index in [1.54, 1.807) is 43.6 Å². The molecule has 0 aliphatic carbocycles. The van der Waals surface area contributed by atoms with E-state index in [1.807, 2.05) is 50.2 Å². The summed E-state index contributed by atoms with van der Waals surface area (Å²) in [7, 11) is 0. The van der Waals surface area contributed by atoms with Crippen molar-refractivity contribution in [2.24, 2.45) is 0 Å². The largest absolute Gasteiger partial charge is 0.460 e. The normalized spacial score (nSPS) is 14.3. The van der Waals surface area contributed by atoms with Crippen LogP contribution in [-0.4, -0.2) is 89.1 Å². The highest BCUT2D eigenvalue weighted by atomic mass is 16.6. The van der Waals surface area contributed by atoms with Crippen LogP contribution in [0.15, 0.2) is 42.5 Å². The first kappa shape index (κ1) is 32.4. The van der Waals surface area contributed by atoms with Gasteiger partial charge in [-0.05, 0) is 60.1 Å². The Labute approximate surface area is 247 Å². The molecule has 0 bridgehead atoms. The zero-order valence-electron chi connectivity index (χ0n) is 25.4. The zero-order valence-corrected chi connectivity index (χ0v) is 25.4. The van der Waals surface area contributed by atoms with Crippen LogP contribution in [0.2, 0.25) is 0 Å². The van der Waals surface area contributed by atoms with E-state index >= 15 is 0 Å². The number of aromatic nitrogens is 1. The van der Waals surface area contributed by atoms with E-state index in [9.17, 15) is 19.2 Å². The number of hydrogen-bond acceptors (Lipinski definition) is 8. The molecule has 3 amide bonds. The van der Waals surface area contributed by atoms with Gasteiger partial charge >= 0.3 is 12.1 Å². The average Bonchev–Trinajstić information content (AvgIpc) is 2.94. The maximum Gasteiger partial charge on any atom is 0.409 e. The van der Waals surface area contributed by atoms with Crippen LogP contribution in [0, 0.1) is 0 Å². The minimum Gasteiger partial charge on any atom is -0.460 e. The number of piperazine rings is 1. The minimum atomic E-state index is -0.997. The van der Waals surface area contributed by atoms with E-state index in [0.29, 0.717) is 18.8 Å². The van der Waals surface area contributed by atoms with Crippen molar-refractivity contribution in [1.29, 1.82) is 0 Å².